The quantitative estimate of drug-likeness (QED) is 0.729. The number of ether oxygens (including phenoxy) is 2. The Bertz CT molecular complexity index is 912. The fourth-order valence-electron chi connectivity index (χ4n) is 2.87. The van der Waals surface area contributed by atoms with Crippen LogP contribution in [0.2, 0.25) is 0 Å². The third-order valence-corrected chi connectivity index (χ3v) is 5.61. The number of sulfonamides is 1. The minimum atomic E-state index is -3.70. The molecule has 8 heteroatoms. The number of methoxy groups -OCH3 is 2. The highest BCUT2D eigenvalue weighted by Crippen LogP contribution is 2.26. The van der Waals surface area contributed by atoms with E-state index in [2.05, 4.69) is 5.32 Å². The predicted octanol–water partition coefficient (Wildman–Crippen LogP) is 2.74. The Hall–Kier alpha value is -2.74. The maximum Gasteiger partial charge on any atom is 0.244 e. The van der Waals surface area contributed by atoms with E-state index in [-0.39, 0.29) is 6.04 Å². The monoisotopic (exact) mass is 406 g/mol. The van der Waals surface area contributed by atoms with Crippen LogP contribution in [0.4, 0.5) is 5.69 Å². The number of rotatable bonds is 8. The van der Waals surface area contributed by atoms with Crippen LogP contribution in [0.1, 0.15) is 25.5 Å². The average Bonchev–Trinajstić information content (AvgIpc) is 2.67. The lowest BCUT2D eigenvalue weighted by Crippen LogP contribution is -2.48. The van der Waals surface area contributed by atoms with Crippen LogP contribution >= 0.6 is 0 Å². The van der Waals surface area contributed by atoms with Crippen LogP contribution in [0.3, 0.4) is 0 Å². The summed E-state index contributed by atoms with van der Waals surface area (Å²) < 4.78 is 36.2. The van der Waals surface area contributed by atoms with E-state index in [1.807, 2.05) is 19.1 Å². The van der Waals surface area contributed by atoms with Crippen molar-refractivity contribution in [2.75, 3.05) is 24.8 Å². The molecule has 0 radical (unpaired) electrons. The van der Waals surface area contributed by atoms with Crippen LogP contribution in [-0.2, 0) is 14.8 Å². The topological polar surface area (TPSA) is 84.9 Å². The van der Waals surface area contributed by atoms with Crippen LogP contribution in [0.15, 0.2) is 48.5 Å². The minimum absolute atomic E-state index is 0.299. The molecule has 152 valence electrons. The lowest BCUT2D eigenvalue weighted by atomic mass is 10.1. The first-order valence-electron chi connectivity index (χ1n) is 8.75. The van der Waals surface area contributed by atoms with Gasteiger partial charge in [0.25, 0.3) is 0 Å². The van der Waals surface area contributed by atoms with E-state index < -0.39 is 22.0 Å². The van der Waals surface area contributed by atoms with Crippen LogP contribution < -0.4 is 19.1 Å². The van der Waals surface area contributed by atoms with Crippen molar-refractivity contribution in [1.82, 2.24) is 5.32 Å². The van der Waals surface area contributed by atoms with Gasteiger partial charge in [0.2, 0.25) is 15.9 Å². The largest absolute Gasteiger partial charge is 0.497 e. The van der Waals surface area contributed by atoms with Crippen LogP contribution in [0.25, 0.3) is 0 Å². The molecule has 0 saturated heterocycles. The zero-order valence-corrected chi connectivity index (χ0v) is 17.5. The molecular weight excluding hydrogens is 380 g/mol. The van der Waals surface area contributed by atoms with Gasteiger partial charge < -0.3 is 14.8 Å². The Kier molecular flexibility index (Phi) is 6.90. The van der Waals surface area contributed by atoms with Crippen LogP contribution in [0, 0.1) is 0 Å². The second kappa shape index (κ2) is 8.97. The van der Waals surface area contributed by atoms with E-state index in [1.165, 1.54) is 7.11 Å². The predicted molar refractivity (Wildman–Crippen MR) is 109 cm³/mol. The van der Waals surface area contributed by atoms with Gasteiger partial charge in [-0.05, 0) is 43.7 Å². The molecule has 0 spiro atoms. The summed E-state index contributed by atoms with van der Waals surface area (Å²) in [6.45, 7) is 3.39. The summed E-state index contributed by atoms with van der Waals surface area (Å²) >= 11 is 0. The Morgan fingerprint density at radius 1 is 1.00 bits per heavy atom. The van der Waals surface area contributed by atoms with Gasteiger partial charge in [-0.25, -0.2) is 8.42 Å². The van der Waals surface area contributed by atoms with Crippen molar-refractivity contribution < 1.29 is 22.7 Å². The summed E-state index contributed by atoms with van der Waals surface area (Å²) in [6, 6.07) is 12.7. The van der Waals surface area contributed by atoms with Crippen molar-refractivity contribution >= 4 is 21.6 Å². The smallest absolute Gasteiger partial charge is 0.244 e. The van der Waals surface area contributed by atoms with E-state index in [1.54, 1.807) is 50.4 Å². The van der Waals surface area contributed by atoms with Gasteiger partial charge >= 0.3 is 0 Å². The van der Waals surface area contributed by atoms with Gasteiger partial charge in [-0.15, -0.1) is 0 Å². The summed E-state index contributed by atoms with van der Waals surface area (Å²) in [5.41, 5.74) is 1.25. The Balaban J connectivity index is 2.23. The molecule has 0 heterocycles. The number of carbonyl (C=O) groups is 1. The van der Waals surface area contributed by atoms with Crippen molar-refractivity contribution in [2.45, 2.75) is 25.9 Å². The van der Waals surface area contributed by atoms with Gasteiger partial charge in [-0.3, -0.25) is 9.10 Å². The lowest BCUT2D eigenvalue weighted by molar-refractivity contribution is -0.122. The molecule has 2 aromatic carbocycles. The third kappa shape index (κ3) is 5.16. The highest BCUT2D eigenvalue weighted by Gasteiger charge is 2.30. The summed E-state index contributed by atoms with van der Waals surface area (Å²) in [5, 5.41) is 2.87. The maximum atomic E-state index is 12.8. The van der Waals surface area contributed by atoms with Gasteiger partial charge in [0.05, 0.1) is 32.2 Å². The molecule has 0 fully saturated rings. The van der Waals surface area contributed by atoms with E-state index in [4.69, 9.17) is 9.47 Å². The summed E-state index contributed by atoms with van der Waals surface area (Å²) in [4.78, 5) is 12.8. The molecule has 0 aliphatic heterocycles. The Morgan fingerprint density at radius 3 is 2.14 bits per heavy atom. The van der Waals surface area contributed by atoms with E-state index in [0.29, 0.717) is 11.4 Å². The molecule has 0 bridgehead atoms. The maximum absolute atomic E-state index is 12.8. The zero-order valence-electron chi connectivity index (χ0n) is 16.7. The number of benzene rings is 2. The second-order valence-electron chi connectivity index (χ2n) is 6.44. The molecule has 0 aromatic heterocycles. The van der Waals surface area contributed by atoms with Gasteiger partial charge in [-0.1, -0.05) is 18.2 Å². The van der Waals surface area contributed by atoms with Crippen LogP contribution in [0.5, 0.6) is 11.5 Å². The average molecular weight is 407 g/mol. The van der Waals surface area contributed by atoms with Crippen molar-refractivity contribution in [1.29, 1.82) is 0 Å². The van der Waals surface area contributed by atoms with Crippen molar-refractivity contribution in [3.05, 3.63) is 54.1 Å². The number of amides is 1. The van der Waals surface area contributed by atoms with E-state index in [9.17, 15) is 13.2 Å². The number of nitrogens with one attached hydrogen (secondary N) is 1. The number of hydrogen-bond acceptors (Lipinski definition) is 5. The van der Waals surface area contributed by atoms with Gasteiger partial charge in [0.15, 0.2) is 0 Å². The minimum Gasteiger partial charge on any atom is -0.497 e. The SMILES string of the molecule is COc1ccc([C@H](C)NC(=O)[C@H](C)N(c2cccc(OC)c2)S(C)(=O)=O)cc1. The fraction of sp³-hybridized carbons (Fsp3) is 0.350. The number of nitrogens with zero attached hydrogens (tertiary/aromatic N) is 1. The molecule has 7 nitrogen and oxygen atoms in total. The number of carbonyl (C=O) groups excluding carboxylic acids is 1. The molecule has 0 aliphatic rings. The van der Waals surface area contributed by atoms with Crippen molar-refractivity contribution in [2.24, 2.45) is 0 Å². The fourth-order valence-corrected chi connectivity index (χ4v) is 4.03. The summed E-state index contributed by atoms with van der Waals surface area (Å²) in [5.74, 6) is 0.818. The number of anilines is 1. The lowest BCUT2D eigenvalue weighted by Gasteiger charge is -2.29. The first-order chi connectivity index (χ1) is 13.2. The Labute approximate surface area is 166 Å². The van der Waals surface area contributed by atoms with Gasteiger partial charge in [-0.2, -0.15) is 0 Å². The van der Waals surface area contributed by atoms with Crippen LogP contribution in [-0.4, -0.2) is 40.8 Å². The van der Waals surface area contributed by atoms with Gasteiger partial charge in [0, 0.05) is 6.07 Å². The molecule has 2 aromatic rings. The van der Waals surface area contributed by atoms with Gasteiger partial charge in [0.1, 0.15) is 17.5 Å². The Morgan fingerprint density at radius 2 is 1.61 bits per heavy atom. The molecule has 0 saturated carbocycles. The van der Waals surface area contributed by atoms with E-state index >= 15 is 0 Å². The molecule has 0 unspecified atom stereocenters. The summed E-state index contributed by atoms with van der Waals surface area (Å²) in [7, 11) is -0.616. The zero-order chi connectivity index (χ0) is 20.9. The highest BCUT2D eigenvalue weighted by molar-refractivity contribution is 7.92. The molecule has 0 aliphatic carbocycles. The second-order valence-corrected chi connectivity index (χ2v) is 8.30. The molecule has 2 atom stereocenters. The molecule has 1 N–H and O–H groups in total. The highest BCUT2D eigenvalue weighted by atomic mass is 32.2. The van der Waals surface area contributed by atoms with Crippen molar-refractivity contribution in [3.8, 4) is 11.5 Å². The molecule has 2 rings (SSSR count). The molecule has 28 heavy (non-hydrogen) atoms. The third-order valence-electron chi connectivity index (χ3n) is 4.37. The molecule has 1 amide bonds. The van der Waals surface area contributed by atoms with Crippen molar-refractivity contribution in [3.63, 3.8) is 0 Å². The first kappa shape index (κ1) is 21.6. The summed E-state index contributed by atoms with van der Waals surface area (Å²) in [6.07, 6.45) is 1.07. The standard InChI is InChI=1S/C20H26N2O5S/c1-14(16-9-11-18(26-3)12-10-16)21-20(23)15(2)22(28(5,24)25)17-7-6-8-19(13-17)27-4/h6-15H,1-5H3,(H,21,23)/t14-,15-/m0/s1. The first-order valence-corrected chi connectivity index (χ1v) is 10.6. The van der Waals surface area contributed by atoms with E-state index in [0.717, 1.165) is 21.9 Å². The normalized spacial score (nSPS) is 13.3. The molecular formula is C20H26N2O5S. The number of hydrogen-bond donors (Lipinski definition) is 1.